The van der Waals surface area contributed by atoms with Gasteiger partial charge in [-0.2, -0.15) is 4.31 Å². The number of nitrogens with one attached hydrogen (secondary N) is 1. The molecule has 4 heterocycles. The topological polar surface area (TPSA) is 113 Å². The van der Waals surface area contributed by atoms with Gasteiger partial charge >= 0.3 is 0 Å². The van der Waals surface area contributed by atoms with Gasteiger partial charge < -0.3 is 10.4 Å². The number of nitrogens with zero attached hydrogens (tertiary/aromatic N) is 5. The Labute approximate surface area is 234 Å². The number of anilines is 1. The van der Waals surface area contributed by atoms with Gasteiger partial charge in [-0.15, -0.1) is 11.3 Å². The van der Waals surface area contributed by atoms with E-state index in [-0.39, 0.29) is 17.5 Å². The van der Waals surface area contributed by atoms with E-state index < -0.39 is 10.0 Å². The lowest BCUT2D eigenvalue weighted by molar-refractivity contribution is 0.282. The van der Waals surface area contributed by atoms with Crippen LogP contribution >= 0.6 is 22.9 Å². The maximum absolute atomic E-state index is 13.2. The number of aromatic nitrogens is 4. The highest BCUT2D eigenvalue weighted by Gasteiger charge is 2.30. The van der Waals surface area contributed by atoms with Crippen molar-refractivity contribution in [1.29, 1.82) is 0 Å². The molecular formula is C27H25ClN6O3S2. The molecule has 5 aromatic rings. The summed E-state index contributed by atoms with van der Waals surface area (Å²) in [5.41, 5.74) is 4.06. The molecule has 0 saturated carbocycles. The van der Waals surface area contributed by atoms with Crippen LogP contribution in [0.25, 0.3) is 27.6 Å². The Balaban J connectivity index is 1.27. The number of aliphatic hydroxyl groups is 1. The van der Waals surface area contributed by atoms with E-state index in [0.29, 0.717) is 29.8 Å². The molecule has 0 aliphatic carbocycles. The van der Waals surface area contributed by atoms with Gasteiger partial charge in [0.2, 0.25) is 16.0 Å². The predicted molar refractivity (Wildman–Crippen MR) is 152 cm³/mol. The highest BCUT2D eigenvalue weighted by Crippen LogP contribution is 2.34. The summed E-state index contributed by atoms with van der Waals surface area (Å²) < 4.78 is 29.9. The minimum absolute atomic E-state index is 0.0219. The summed E-state index contributed by atoms with van der Waals surface area (Å²) in [4.78, 5) is 15.2. The second kappa shape index (κ2) is 10.7. The van der Waals surface area contributed by atoms with E-state index in [1.54, 1.807) is 18.3 Å². The van der Waals surface area contributed by atoms with Crippen molar-refractivity contribution < 1.29 is 13.5 Å². The minimum Gasteiger partial charge on any atom is -0.392 e. The van der Waals surface area contributed by atoms with Gasteiger partial charge in [-0.25, -0.2) is 23.4 Å². The van der Waals surface area contributed by atoms with E-state index in [1.807, 2.05) is 46.3 Å². The number of aliphatic hydroxyl groups excluding tert-OH is 1. The Morgan fingerprint density at radius 3 is 2.64 bits per heavy atom. The number of rotatable bonds is 7. The molecule has 1 aliphatic rings. The molecule has 9 nitrogen and oxygen atoms in total. The summed E-state index contributed by atoms with van der Waals surface area (Å²) in [6.07, 6.45) is 5.17. The first-order valence-corrected chi connectivity index (χ1v) is 15.1. The highest BCUT2D eigenvalue weighted by molar-refractivity contribution is 7.89. The van der Waals surface area contributed by atoms with Crippen molar-refractivity contribution in [3.63, 3.8) is 0 Å². The molecule has 39 heavy (non-hydrogen) atoms. The van der Waals surface area contributed by atoms with Gasteiger partial charge in [0.25, 0.3) is 0 Å². The zero-order valence-corrected chi connectivity index (χ0v) is 23.1. The van der Waals surface area contributed by atoms with Crippen LogP contribution in [-0.2, 0) is 16.6 Å². The van der Waals surface area contributed by atoms with Crippen molar-refractivity contribution in [3.05, 3.63) is 83.0 Å². The fraction of sp³-hybridized carbons (Fsp3) is 0.222. The number of imidazole rings is 1. The van der Waals surface area contributed by atoms with Crippen LogP contribution < -0.4 is 5.32 Å². The number of fused-ring (bicyclic) bond motifs is 1. The van der Waals surface area contributed by atoms with Crippen molar-refractivity contribution in [2.45, 2.75) is 30.4 Å². The maximum atomic E-state index is 13.2. The Bertz CT molecular complexity index is 1720. The molecule has 1 aliphatic heterocycles. The first-order valence-electron chi connectivity index (χ1n) is 12.4. The molecule has 0 spiro atoms. The van der Waals surface area contributed by atoms with Crippen LogP contribution in [0.5, 0.6) is 0 Å². The van der Waals surface area contributed by atoms with Crippen LogP contribution in [0.4, 0.5) is 5.95 Å². The molecule has 1 atom stereocenters. The van der Waals surface area contributed by atoms with Gasteiger partial charge in [-0.1, -0.05) is 35.9 Å². The van der Waals surface area contributed by atoms with Crippen molar-refractivity contribution in [2.75, 3.05) is 18.4 Å². The van der Waals surface area contributed by atoms with Crippen molar-refractivity contribution in [2.24, 2.45) is 0 Å². The normalized spacial score (nSPS) is 16.5. The van der Waals surface area contributed by atoms with E-state index in [1.165, 1.54) is 27.8 Å². The third kappa shape index (κ3) is 5.15. The average molecular weight is 581 g/mol. The number of sulfonamides is 1. The SMILES string of the molecule is O=S(=O)(c1ccc(Cl)cc1)N1CCC[C@@H](Nc2nccc(-c3c(-c4ccc(CO)cc4)nc4sccn34)n2)C1. The first-order chi connectivity index (χ1) is 18.9. The molecule has 0 bridgehead atoms. The van der Waals surface area contributed by atoms with E-state index >= 15 is 0 Å². The number of thiazole rings is 1. The monoisotopic (exact) mass is 580 g/mol. The summed E-state index contributed by atoms with van der Waals surface area (Å²) in [6, 6.07) is 15.6. The third-order valence-electron chi connectivity index (χ3n) is 6.74. The van der Waals surface area contributed by atoms with Gasteiger partial charge in [-0.3, -0.25) is 4.40 Å². The third-order valence-corrected chi connectivity index (χ3v) is 9.63. The van der Waals surface area contributed by atoms with Gasteiger partial charge in [0, 0.05) is 47.5 Å². The van der Waals surface area contributed by atoms with Crippen LogP contribution in [-0.4, -0.2) is 56.3 Å². The number of benzene rings is 2. The molecule has 0 unspecified atom stereocenters. The number of piperidine rings is 1. The lowest BCUT2D eigenvalue weighted by Gasteiger charge is -2.32. The lowest BCUT2D eigenvalue weighted by Crippen LogP contribution is -2.45. The molecule has 6 rings (SSSR count). The fourth-order valence-electron chi connectivity index (χ4n) is 4.78. The van der Waals surface area contributed by atoms with E-state index in [4.69, 9.17) is 21.6 Å². The molecule has 0 amide bonds. The Kier molecular flexibility index (Phi) is 7.08. The van der Waals surface area contributed by atoms with Crippen LogP contribution in [0.1, 0.15) is 18.4 Å². The Morgan fingerprint density at radius 2 is 1.87 bits per heavy atom. The van der Waals surface area contributed by atoms with E-state index in [2.05, 4.69) is 10.3 Å². The largest absolute Gasteiger partial charge is 0.392 e. The van der Waals surface area contributed by atoms with Crippen LogP contribution in [0.2, 0.25) is 5.02 Å². The number of hydrogen-bond acceptors (Lipinski definition) is 8. The molecule has 200 valence electrons. The van der Waals surface area contributed by atoms with Gasteiger partial charge in [0.15, 0.2) is 4.96 Å². The summed E-state index contributed by atoms with van der Waals surface area (Å²) in [7, 11) is -3.64. The molecule has 2 aromatic carbocycles. The maximum Gasteiger partial charge on any atom is 0.243 e. The second-order valence-corrected chi connectivity index (χ2v) is 12.5. The van der Waals surface area contributed by atoms with E-state index in [9.17, 15) is 13.5 Å². The van der Waals surface area contributed by atoms with E-state index in [0.717, 1.165) is 40.3 Å². The number of hydrogen-bond donors (Lipinski definition) is 2. The van der Waals surface area contributed by atoms with Crippen molar-refractivity contribution >= 4 is 43.9 Å². The summed E-state index contributed by atoms with van der Waals surface area (Å²) in [6.45, 7) is 0.739. The average Bonchev–Trinajstić information content (AvgIpc) is 3.55. The minimum atomic E-state index is -3.64. The van der Waals surface area contributed by atoms with Gasteiger partial charge in [0.1, 0.15) is 5.69 Å². The first kappa shape index (κ1) is 25.9. The van der Waals surface area contributed by atoms with Crippen molar-refractivity contribution in [3.8, 4) is 22.6 Å². The van der Waals surface area contributed by atoms with Gasteiger partial charge in [-0.05, 0) is 48.7 Å². The molecule has 12 heteroatoms. The standard InChI is InChI=1S/C27H25ClN6O3S2/c28-20-7-9-22(10-8-20)39(36,37)33-13-1-2-21(16-33)30-26-29-12-11-23(31-26)25-24(32-27-34(25)14-15-38-27)19-5-3-18(17-35)4-6-19/h3-12,14-15,21,35H,1-2,13,16-17H2,(H,29,30,31)/t21-/m1/s1. The van der Waals surface area contributed by atoms with Gasteiger partial charge in [0.05, 0.1) is 22.9 Å². The fourth-order valence-corrected chi connectivity index (χ4v) is 7.14. The molecule has 3 aromatic heterocycles. The number of halogens is 1. The molecule has 0 radical (unpaired) electrons. The Hall–Kier alpha value is -3.35. The Morgan fingerprint density at radius 1 is 1.08 bits per heavy atom. The highest BCUT2D eigenvalue weighted by atomic mass is 35.5. The zero-order chi connectivity index (χ0) is 27.0. The smallest absolute Gasteiger partial charge is 0.243 e. The summed E-state index contributed by atoms with van der Waals surface area (Å²) >= 11 is 7.48. The predicted octanol–water partition coefficient (Wildman–Crippen LogP) is 4.93. The van der Waals surface area contributed by atoms with Crippen LogP contribution in [0.15, 0.2) is 77.3 Å². The zero-order valence-electron chi connectivity index (χ0n) is 20.7. The summed E-state index contributed by atoms with van der Waals surface area (Å²) in [5, 5.41) is 15.2. The lowest BCUT2D eigenvalue weighted by atomic mass is 10.1. The molecular weight excluding hydrogens is 556 g/mol. The second-order valence-electron chi connectivity index (χ2n) is 9.29. The molecule has 2 N–H and O–H groups in total. The molecule has 1 fully saturated rings. The van der Waals surface area contributed by atoms with Crippen LogP contribution in [0.3, 0.4) is 0 Å². The van der Waals surface area contributed by atoms with Crippen LogP contribution in [0, 0.1) is 0 Å². The van der Waals surface area contributed by atoms with Crippen molar-refractivity contribution in [1.82, 2.24) is 23.7 Å². The molecule has 1 saturated heterocycles. The quantitative estimate of drug-likeness (QED) is 0.281. The summed E-state index contributed by atoms with van der Waals surface area (Å²) in [5.74, 6) is 0.426.